The molecule has 0 aliphatic rings. The summed E-state index contributed by atoms with van der Waals surface area (Å²) in [5, 5.41) is 9.78. The molecule has 44 heavy (non-hydrogen) atoms. The monoisotopic (exact) mass is 736 g/mol. The van der Waals surface area contributed by atoms with E-state index in [1.807, 2.05) is 0 Å². The molecule has 0 radical (unpaired) electrons. The molecule has 0 unspecified atom stereocenters. The zero-order chi connectivity index (χ0) is 36.1. The smallest absolute Gasteiger partial charge is 0.544 e. The van der Waals surface area contributed by atoms with Crippen LogP contribution >= 0.6 is 0 Å². The predicted molar refractivity (Wildman–Crippen MR) is 70.4 cm³/mol. The number of halogens is 27. The molecule has 0 aromatic rings. The van der Waals surface area contributed by atoms with E-state index in [-0.39, 0.29) is 29.6 Å². The van der Waals surface area contributed by atoms with Crippen molar-refractivity contribution < 1.29 is 158 Å². The van der Waals surface area contributed by atoms with E-state index in [0.717, 1.165) is 0 Å². The first-order chi connectivity index (χ1) is 17.9. The first-order valence-corrected chi connectivity index (χ1v) is 8.76. The third kappa shape index (κ3) is 5.02. The summed E-state index contributed by atoms with van der Waals surface area (Å²) in [6.45, 7) is 0. The van der Waals surface area contributed by atoms with Crippen molar-refractivity contribution in [1.82, 2.24) is 0 Å². The third-order valence-corrected chi connectivity index (χ3v) is 4.95. The zero-order valence-electron chi connectivity index (χ0n) is 19.0. The molecule has 0 bridgehead atoms. The van der Waals surface area contributed by atoms with Crippen LogP contribution in [0, 0.1) is 0 Å². The number of carboxylic acid groups (broad SMARTS) is 1. The maximum absolute atomic E-state index is 13.5. The number of alkyl halides is 27. The molecular formula is C14F27NaO2. The molecule has 0 amide bonds. The maximum atomic E-state index is 13.5. The molecule has 0 aromatic carbocycles. The molecular weight excluding hydrogens is 736 g/mol. The van der Waals surface area contributed by atoms with Gasteiger partial charge in [-0.2, -0.15) is 119 Å². The molecule has 0 heterocycles. The first-order valence-electron chi connectivity index (χ1n) is 8.76. The molecule has 0 aliphatic carbocycles. The number of rotatable bonds is 12. The second-order valence-electron chi connectivity index (χ2n) is 7.68. The van der Waals surface area contributed by atoms with Gasteiger partial charge in [-0.3, -0.25) is 0 Å². The number of carbonyl (C=O) groups excluding carboxylic acids is 1. The van der Waals surface area contributed by atoms with Crippen molar-refractivity contribution in [2.45, 2.75) is 77.2 Å². The van der Waals surface area contributed by atoms with Crippen LogP contribution in [-0.2, 0) is 4.79 Å². The minimum atomic E-state index is -9.87. The molecule has 0 N–H and O–H groups in total. The molecule has 0 saturated heterocycles. The summed E-state index contributed by atoms with van der Waals surface area (Å²) in [5.74, 6) is -117. The molecule has 0 aliphatic heterocycles. The normalized spacial score (nSPS) is 16.5. The van der Waals surface area contributed by atoms with E-state index >= 15 is 0 Å². The van der Waals surface area contributed by atoms with Crippen molar-refractivity contribution in [3.63, 3.8) is 0 Å². The van der Waals surface area contributed by atoms with Gasteiger partial charge in [0.25, 0.3) is 0 Å². The van der Waals surface area contributed by atoms with Crippen LogP contribution in [0.4, 0.5) is 119 Å². The number of carboxylic acids is 1. The van der Waals surface area contributed by atoms with Crippen LogP contribution in [-0.4, -0.2) is 83.2 Å². The quantitative estimate of drug-likeness (QED) is 0.226. The van der Waals surface area contributed by atoms with Gasteiger partial charge in [-0.05, 0) is 0 Å². The Morgan fingerprint density at radius 3 is 0.568 bits per heavy atom. The summed E-state index contributed by atoms with van der Waals surface area (Å²) in [5.41, 5.74) is 0. The topological polar surface area (TPSA) is 40.1 Å². The van der Waals surface area contributed by atoms with Crippen molar-refractivity contribution in [3.8, 4) is 0 Å². The Balaban J connectivity index is 0. The largest absolute Gasteiger partial charge is 1.00 e. The minimum absolute atomic E-state index is 0. The average molecular weight is 736 g/mol. The van der Waals surface area contributed by atoms with Gasteiger partial charge in [0.1, 0.15) is 5.97 Å². The fourth-order valence-corrected chi connectivity index (χ4v) is 2.28. The predicted octanol–water partition coefficient (Wildman–Crippen LogP) is 3.93. The minimum Gasteiger partial charge on any atom is -0.544 e. The van der Waals surface area contributed by atoms with Crippen molar-refractivity contribution in [3.05, 3.63) is 0 Å². The second-order valence-corrected chi connectivity index (χ2v) is 7.68. The fourth-order valence-electron chi connectivity index (χ4n) is 2.28. The van der Waals surface area contributed by atoms with E-state index in [0.29, 0.717) is 0 Å². The summed E-state index contributed by atoms with van der Waals surface area (Å²) in [4.78, 5) is 9.78. The van der Waals surface area contributed by atoms with E-state index < -0.39 is 83.2 Å². The maximum Gasteiger partial charge on any atom is 1.00 e. The molecule has 0 aromatic heterocycles. The number of hydrogen-bond acceptors (Lipinski definition) is 2. The Kier molecular flexibility index (Phi) is 11.0. The van der Waals surface area contributed by atoms with Gasteiger partial charge in [0, 0.05) is 0 Å². The summed E-state index contributed by atoms with van der Waals surface area (Å²) in [6.07, 6.45) is -8.27. The van der Waals surface area contributed by atoms with Crippen molar-refractivity contribution in [1.29, 1.82) is 0 Å². The van der Waals surface area contributed by atoms with Gasteiger partial charge in [0.2, 0.25) is 0 Å². The molecule has 2 nitrogen and oxygen atoms in total. The summed E-state index contributed by atoms with van der Waals surface area (Å²) >= 11 is 0. The van der Waals surface area contributed by atoms with Crippen molar-refractivity contribution in [2.24, 2.45) is 0 Å². The number of aliphatic carboxylic acids is 1. The number of hydrogen-bond donors (Lipinski definition) is 0. The Morgan fingerprint density at radius 2 is 0.432 bits per heavy atom. The summed E-state index contributed by atoms with van der Waals surface area (Å²) < 4.78 is 354. The van der Waals surface area contributed by atoms with Crippen molar-refractivity contribution in [2.75, 3.05) is 0 Å². The van der Waals surface area contributed by atoms with Crippen LogP contribution in [0.3, 0.4) is 0 Å². The van der Waals surface area contributed by atoms with Crippen LogP contribution < -0.4 is 34.7 Å². The van der Waals surface area contributed by atoms with Gasteiger partial charge in [0.05, 0.1) is 0 Å². The van der Waals surface area contributed by atoms with Crippen molar-refractivity contribution >= 4 is 5.97 Å². The molecule has 0 fully saturated rings. The van der Waals surface area contributed by atoms with Gasteiger partial charge in [-0.1, -0.05) is 0 Å². The average Bonchev–Trinajstić information content (AvgIpc) is 2.76. The Labute approximate surface area is 241 Å². The van der Waals surface area contributed by atoms with Crippen LogP contribution in [0.25, 0.3) is 0 Å². The van der Waals surface area contributed by atoms with Gasteiger partial charge in [-0.25, -0.2) is 0 Å². The molecule has 30 heteroatoms. The second kappa shape index (κ2) is 10.8. The van der Waals surface area contributed by atoms with Crippen LogP contribution in [0.2, 0.25) is 0 Å². The van der Waals surface area contributed by atoms with Gasteiger partial charge < -0.3 is 9.90 Å². The number of carbonyl (C=O) groups is 1. The molecule has 0 spiro atoms. The zero-order valence-corrected chi connectivity index (χ0v) is 21.0. The van der Waals surface area contributed by atoms with Crippen LogP contribution in [0.15, 0.2) is 0 Å². The van der Waals surface area contributed by atoms with E-state index in [4.69, 9.17) is 0 Å². The van der Waals surface area contributed by atoms with Gasteiger partial charge >= 0.3 is 107 Å². The third-order valence-electron chi connectivity index (χ3n) is 4.95. The van der Waals surface area contributed by atoms with E-state index in [1.54, 1.807) is 0 Å². The standard InChI is InChI=1S/C14HF27O2.Na/c15-2(16,1(42)43)3(17,18)4(19,20)5(21,22)6(23,24)7(25,26)8(27,28)9(29,30)10(31,32)11(33,34)12(35,36)13(37,38)14(39,40)41;/h(H,42,43);/q;+1/p-1. The fraction of sp³-hybridized carbons (Fsp3) is 0.929. The SMILES string of the molecule is O=C([O-])C(F)(F)C(F)(F)C(F)(F)C(F)(F)C(F)(F)C(F)(F)C(F)(F)C(F)(F)C(F)(F)C(F)(F)C(F)(F)C(F)(F)C(F)(F)F.[Na+]. The van der Waals surface area contributed by atoms with E-state index in [2.05, 4.69) is 0 Å². The Hall–Kier alpha value is -1.42. The summed E-state index contributed by atoms with van der Waals surface area (Å²) in [6, 6.07) is 0. The van der Waals surface area contributed by atoms with Crippen LogP contribution in [0.5, 0.6) is 0 Å². The van der Waals surface area contributed by atoms with Crippen LogP contribution in [0.1, 0.15) is 0 Å². The molecule has 258 valence electrons. The molecule has 0 saturated carbocycles. The molecule has 0 rings (SSSR count). The first kappa shape index (κ1) is 44.7. The molecule has 0 atom stereocenters. The summed E-state index contributed by atoms with van der Waals surface area (Å²) in [7, 11) is 0. The Morgan fingerprint density at radius 1 is 0.295 bits per heavy atom. The van der Waals surface area contributed by atoms with E-state index in [1.165, 1.54) is 0 Å². The Bertz CT molecular complexity index is 1070. The van der Waals surface area contributed by atoms with E-state index in [9.17, 15) is 128 Å². The van der Waals surface area contributed by atoms with Gasteiger partial charge in [0.15, 0.2) is 0 Å². The van der Waals surface area contributed by atoms with Gasteiger partial charge in [-0.15, -0.1) is 0 Å².